The fraction of sp³-hybridized carbons (Fsp3) is 0.355. The number of nitrogens with one attached hydrogen (secondary N) is 2. The summed E-state index contributed by atoms with van der Waals surface area (Å²) in [5.41, 5.74) is 2.91. The van der Waals surface area contributed by atoms with Crippen molar-refractivity contribution in [2.75, 3.05) is 45.7 Å². The largest absolute Gasteiger partial charge is 0.544 e. The van der Waals surface area contributed by atoms with Gasteiger partial charge in [-0.1, -0.05) is 6.92 Å². The van der Waals surface area contributed by atoms with Crippen LogP contribution in [0.2, 0.25) is 0 Å². The van der Waals surface area contributed by atoms with Crippen molar-refractivity contribution in [3.8, 4) is 17.0 Å². The number of nitrogens with zero attached hydrogens (tertiary/aromatic N) is 4. The number of benzene rings is 2. The third-order valence-corrected chi connectivity index (χ3v) is 8.18. The van der Waals surface area contributed by atoms with Gasteiger partial charge in [0.25, 0.3) is 5.91 Å². The standard InChI is InChI=1S/C31H34F2N6O4/c1-4-20-15-21(5-6-22(20)31(42)36-16-19-9-13-39(2,14-10-19)18-26(40)41)37-29-30-35-17-24(38(30)12-11-34-29)23-7-8-25(43-3)28(33)27(23)32/h5-8,11-12,15,17,19H,4,9-10,13-14,16,18H2,1-3H3,(H2-,34,36,37,40,41,42). The average Bonchev–Trinajstić information content (AvgIpc) is 3.42. The number of quaternary nitrogens is 1. The van der Waals surface area contributed by atoms with Gasteiger partial charge < -0.3 is 29.8 Å². The number of fused-ring (bicyclic) bond motifs is 1. The molecule has 0 bridgehead atoms. The minimum absolute atomic E-state index is 0.00624. The minimum atomic E-state index is -1.08. The van der Waals surface area contributed by atoms with Crippen molar-refractivity contribution in [1.82, 2.24) is 19.7 Å². The van der Waals surface area contributed by atoms with E-state index in [2.05, 4.69) is 20.6 Å². The van der Waals surface area contributed by atoms with Crippen molar-refractivity contribution in [3.63, 3.8) is 0 Å². The second-order valence-electron chi connectivity index (χ2n) is 11.2. The predicted octanol–water partition coefficient (Wildman–Crippen LogP) is 3.33. The van der Waals surface area contributed by atoms with Gasteiger partial charge in [0.15, 0.2) is 23.0 Å². The molecule has 1 fully saturated rings. The molecule has 10 nitrogen and oxygen atoms in total. The molecule has 0 unspecified atom stereocenters. The first-order valence-electron chi connectivity index (χ1n) is 14.2. The number of rotatable bonds is 10. The molecule has 0 radical (unpaired) electrons. The molecule has 0 aliphatic carbocycles. The second-order valence-corrected chi connectivity index (χ2v) is 11.2. The number of ether oxygens (including phenoxy) is 1. The third-order valence-electron chi connectivity index (χ3n) is 8.18. The molecule has 2 N–H and O–H groups in total. The Balaban J connectivity index is 1.29. The normalized spacial score (nSPS) is 18.4. The molecule has 0 spiro atoms. The number of aryl methyl sites for hydroxylation is 1. The number of anilines is 2. The molecule has 1 saturated heterocycles. The first-order valence-corrected chi connectivity index (χ1v) is 14.2. The highest BCUT2D eigenvalue weighted by molar-refractivity contribution is 5.96. The summed E-state index contributed by atoms with van der Waals surface area (Å²) < 4.78 is 36.2. The lowest BCUT2D eigenvalue weighted by Gasteiger charge is -2.40. The number of piperidine rings is 1. The smallest absolute Gasteiger partial charge is 0.251 e. The highest BCUT2D eigenvalue weighted by Crippen LogP contribution is 2.32. The highest BCUT2D eigenvalue weighted by atomic mass is 19.2. The van der Waals surface area contributed by atoms with Crippen molar-refractivity contribution in [2.45, 2.75) is 26.2 Å². The van der Waals surface area contributed by atoms with Crippen LogP contribution in [0.25, 0.3) is 16.9 Å². The van der Waals surface area contributed by atoms with Crippen molar-refractivity contribution in [2.24, 2.45) is 5.92 Å². The zero-order chi connectivity index (χ0) is 30.7. The number of carboxylic acids is 1. The van der Waals surface area contributed by atoms with Gasteiger partial charge in [-0.3, -0.25) is 9.20 Å². The van der Waals surface area contributed by atoms with Gasteiger partial charge in [0, 0.05) is 48.6 Å². The third kappa shape index (κ3) is 6.29. The van der Waals surface area contributed by atoms with Gasteiger partial charge in [-0.15, -0.1) is 0 Å². The van der Waals surface area contributed by atoms with Crippen molar-refractivity contribution in [3.05, 3.63) is 71.7 Å². The van der Waals surface area contributed by atoms with Gasteiger partial charge in [-0.2, -0.15) is 4.39 Å². The molecule has 1 amide bonds. The summed E-state index contributed by atoms with van der Waals surface area (Å²) in [4.78, 5) is 32.9. The Kier molecular flexibility index (Phi) is 8.58. The Morgan fingerprint density at radius 2 is 1.91 bits per heavy atom. The lowest BCUT2D eigenvalue weighted by Crippen LogP contribution is -2.55. The molecule has 5 rings (SSSR count). The van der Waals surface area contributed by atoms with Gasteiger partial charge in [0.1, 0.15) is 6.54 Å². The number of carbonyl (C=O) groups excluding carboxylic acids is 2. The number of carboxylic acid groups (broad SMARTS) is 1. The SMILES string of the molecule is CCc1cc(Nc2nccn3c(-c4ccc(OC)c(F)c4F)cnc23)ccc1C(=O)NCC1CC[N+](C)(CC(=O)[O-])CC1. The van der Waals surface area contributed by atoms with Crippen LogP contribution >= 0.6 is 0 Å². The Labute approximate surface area is 247 Å². The number of likely N-dealkylation sites (tertiary alicyclic amines) is 1. The van der Waals surface area contributed by atoms with Crippen LogP contribution in [0.5, 0.6) is 5.75 Å². The Morgan fingerprint density at radius 3 is 2.60 bits per heavy atom. The fourth-order valence-corrected chi connectivity index (χ4v) is 5.67. The molecule has 2 aromatic carbocycles. The van der Waals surface area contributed by atoms with E-state index in [1.54, 1.807) is 22.7 Å². The summed E-state index contributed by atoms with van der Waals surface area (Å²) in [6.07, 6.45) is 6.89. The van der Waals surface area contributed by atoms with E-state index >= 15 is 0 Å². The molecular formula is C31H34F2N6O4. The summed E-state index contributed by atoms with van der Waals surface area (Å²) in [7, 11) is 3.20. The topological polar surface area (TPSA) is 121 Å². The van der Waals surface area contributed by atoms with E-state index in [0.29, 0.717) is 45.9 Å². The summed E-state index contributed by atoms with van der Waals surface area (Å²) >= 11 is 0. The van der Waals surface area contributed by atoms with Crippen LogP contribution in [0.4, 0.5) is 20.3 Å². The molecule has 4 aromatic rings. The number of hydrogen-bond donors (Lipinski definition) is 2. The number of aromatic nitrogens is 3. The lowest BCUT2D eigenvalue weighted by molar-refractivity contribution is -0.909. The first kappa shape index (κ1) is 29.9. The van der Waals surface area contributed by atoms with Gasteiger partial charge in [-0.25, -0.2) is 14.4 Å². The number of halogens is 2. The number of hydrogen-bond acceptors (Lipinski definition) is 7. The molecule has 0 atom stereocenters. The van der Waals surface area contributed by atoms with E-state index in [0.717, 1.165) is 31.5 Å². The monoisotopic (exact) mass is 592 g/mol. The Bertz CT molecular complexity index is 1670. The van der Waals surface area contributed by atoms with Crippen molar-refractivity contribution < 1.29 is 32.7 Å². The number of amides is 1. The lowest BCUT2D eigenvalue weighted by atomic mass is 9.95. The molecule has 226 valence electrons. The van der Waals surface area contributed by atoms with Gasteiger partial charge in [0.05, 0.1) is 45.1 Å². The van der Waals surface area contributed by atoms with Gasteiger partial charge in [-0.05, 0) is 48.2 Å². The maximum Gasteiger partial charge on any atom is 0.251 e. The van der Waals surface area contributed by atoms with Crippen LogP contribution in [0, 0.1) is 17.6 Å². The second kappa shape index (κ2) is 12.3. The molecular weight excluding hydrogens is 558 g/mol. The van der Waals surface area contributed by atoms with E-state index in [-0.39, 0.29) is 29.7 Å². The van der Waals surface area contributed by atoms with E-state index in [9.17, 15) is 23.5 Å². The quantitative estimate of drug-likeness (QED) is 0.271. The molecule has 12 heteroatoms. The van der Waals surface area contributed by atoms with E-state index in [1.165, 1.54) is 31.6 Å². The number of methoxy groups -OCH3 is 1. The van der Waals surface area contributed by atoms with Gasteiger partial charge >= 0.3 is 0 Å². The molecule has 1 aliphatic heterocycles. The van der Waals surface area contributed by atoms with E-state index < -0.39 is 17.6 Å². The van der Waals surface area contributed by atoms with Crippen LogP contribution < -0.4 is 20.5 Å². The zero-order valence-electron chi connectivity index (χ0n) is 24.3. The maximum atomic E-state index is 14.8. The summed E-state index contributed by atoms with van der Waals surface area (Å²) in [5.74, 6) is -2.80. The summed E-state index contributed by atoms with van der Waals surface area (Å²) in [5, 5.41) is 17.3. The molecule has 2 aromatic heterocycles. The van der Waals surface area contributed by atoms with Crippen molar-refractivity contribution >= 4 is 29.0 Å². The number of aliphatic carboxylic acids is 1. The molecule has 1 aliphatic rings. The molecule has 3 heterocycles. The van der Waals surface area contributed by atoms with E-state index in [4.69, 9.17) is 4.74 Å². The number of imidazole rings is 1. The number of likely N-dealkylation sites (N-methyl/N-ethyl adjacent to an activating group) is 1. The first-order chi connectivity index (χ1) is 20.6. The Morgan fingerprint density at radius 1 is 1.14 bits per heavy atom. The Hall–Kier alpha value is -4.58. The van der Waals surface area contributed by atoms with Gasteiger partial charge in [0.2, 0.25) is 5.82 Å². The van der Waals surface area contributed by atoms with E-state index in [1.807, 2.05) is 20.0 Å². The maximum absolute atomic E-state index is 14.8. The highest BCUT2D eigenvalue weighted by Gasteiger charge is 2.30. The average molecular weight is 593 g/mol. The van der Waals surface area contributed by atoms with Crippen LogP contribution in [0.1, 0.15) is 35.7 Å². The summed E-state index contributed by atoms with van der Waals surface area (Å²) in [6.45, 7) is 3.97. The molecule has 0 saturated carbocycles. The summed E-state index contributed by atoms with van der Waals surface area (Å²) in [6, 6.07) is 8.23. The minimum Gasteiger partial charge on any atom is -0.544 e. The van der Waals surface area contributed by atoms with Crippen LogP contribution in [-0.4, -0.2) is 71.1 Å². The predicted molar refractivity (Wildman–Crippen MR) is 155 cm³/mol. The fourth-order valence-electron chi connectivity index (χ4n) is 5.67. The van der Waals surface area contributed by atoms with Crippen LogP contribution in [-0.2, 0) is 11.2 Å². The molecule has 43 heavy (non-hydrogen) atoms. The van der Waals surface area contributed by atoms with Crippen LogP contribution in [0.15, 0.2) is 48.9 Å². The number of carbonyl (C=O) groups is 2. The zero-order valence-corrected chi connectivity index (χ0v) is 24.3. The van der Waals surface area contributed by atoms with Crippen molar-refractivity contribution in [1.29, 1.82) is 0 Å². The van der Waals surface area contributed by atoms with Crippen LogP contribution in [0.3, 0.4) is 0 Å².